The molecule has 4 rings (SSSR count). The van der Waals surface area contributed by atoms with Gasteiger partial charge in [0.05, 0.1) is 5.56 Å². The fraction of sp³-hybridized carbons (Fsp3) is 0.154. The number of nitrogens with zero attached hydrogens (tertiary/aromatic N) is 1. The molecule has 1 radical (unpaired) electrons. The number of fused-ring (bicyclic) bond motifs is 1. The van der Waals surface area contributed by atoms with E-state index in [1.165, 1.54) is 16.5 Å². The van der Waals surface area contributed by atoms with Crippen molar-refractivity contribution in [2.45, 2.75) is 26.8 Å². The molecule has 1 aromatic heterocycles. The molecule has 29 heavy (non-hydrogen) atoms. The first-order valence-corrected chi connectivity index (χ1v) is 9.66. The van der Waals surface area contributed by atoms with Crippen LogP contribution in [0.2, 0.25) is 0 Å². The van der Waals surface area contributed by atoms with E-state index in [2.05, 4.69) is 68.7 Å². The number of aromatic nitrogens is 1. The number of carbonyl (C=O) groups is 1. The van der Waals surface area contributed by atoms with Gasteiger partial charge in [-0.25, -0.2) is 0 Å². The average Bonchev–Trinajstić information content (AvgIpc) is 2.71. The molecule has 4 aromatic rings. The van der Waals surface area contributed by atoms with Crippen LogP contribution >= 0.6 is 0 Å². The summed E-state index contributed by atoms with van der Waals surface area (Å²) in [5.41, 5.74) is 5.83. The Kier molecular flexibility index (Phi) is 7.11. The van der Waals surface area contributed by atoms with E-state index in [4.69, 9.17) is 0 Å². The molecular formula is C26H24NOY+. The zero-order valence-electron chi connectivity index (χ0n) is 16.9. The molecular weight excluding hydrogens is 431 g/mol. The van der Waals surface area contributed by atoms with Gasteiger partial charge >= 0.3 is 0 Å². The van der Waals surface area contributed by atoms with Gasteiger partial charge in [0.2, 0.25) is 12.3 Å². The summed E-state index contributed by atoms with van der Waals surface area (Å²) in [6.45, 7) is 4.52. The van der Waals surface area contributed by atoms with Gasteiger partial charge in [0.15, 0.2) is 12.4 Å². The second kappa shape index (κ2) is 9.56. The van der Waals surface area contributed by atoms with E-state index < -0.39 is 0 Å². The summed E-state index contributed by atoms with van der Waals surface area (Å²) < 4.78 is 2.03. The molecule has 0 atom stereocenters. The summed E-state index contributed by atoms with van der Waals surface area (Å²) in [5.74, 6) is 0.219. The summed E-state index contributed by atoms with van der Waals surface area (Å²) in [6, 6.07) is 24.9. The van der Waals surface area contributed by atoms with Gasteiger partial charge in [0, 0.05) is 49.9 Å². The Hall–Kier alpha value is -2.16. The fourth-order valence-electron chi connectivity index (χ4n) is 3.83. The summed E-state index contributed by atoms with van der Waals surface area (Å²) in [5, 5.41) is 2.34. The Morgan fingerprint density at radius 1 is 0.793 bits per heavy atom. The molecule has 0 saturated carbocycles. The van der Waals surface area contributed by atoms with Gasteiger partial charge in [-0.2, -0.15) is 4.57 Å². The second-order valence-corrected chi connectivity index (χ2v) is 7.38. The number of rotatable bonds is 5. The van der Waals surface area contributed by atoms with Crippen LogP contribution in [0.25, 0.3) is 21.9 Å². The molecule has 3 aromatic carbocycles. The standard InChI is InChI=1S/C26H24NO.Y/c1-19-9-8-10-20(2)25(19)15-23(28)17-27-16-22-13-6-7-14-24(22)26(18-27)21-11-4-3-5-12-21;/h3-14,16,18H,15,17H2,1-2H3;/q+1;. The SMILES string of the molecule is Cc1cccc(C)c1CC(=O)C[n+]1cc(-c2ccccc2)c2ccccc2c1.[Y]. The first kappa shape index (κ1) is 21.6. The van der Waals surface area contributed by atoms with Crippen LogP contribution in [-0.4, -0.2) is 5.78 Å². The van der Waals surface area contributed by atoms with Crippen LogP contribution in [0.5, 0.6) is 0 Å². The maximum absolute atomic E-state index is 12.8. The Balaban J connectivity index is 0.00000240. The van der Waals surface area contributed by atoms with E-state index in [0.29, 0.717) is 13.0 Å². The van der Waals surface area contributed by atoms with Crippen molar-refractivity contribution < 1.29 is 42.1 Å². The topological polar surface area (TPSA) is 20.9 Å². The van der Waals surface area contributed by atoms with Crippen molar-refractivity contribution in [1.29, 1.82) is 0 Å². The van der Waals surface area contributed by atoms with Gasteiger partial charge in [0.1, 0.15) is 0 Å². The number of hydrogen-bond donors (Lipinski definition) is 0. The molecule has 1 heterocycles. The Morgan fingerprint density at radius 3 is 2.17 bits per heavy atom. The van der Waals surface area contributed by atoms with Gasteiger partial charge in [-0.3, -0.25) is 4.79 Å². The van der Waals surface area contributed by atoms with Crippen LogP contribution in [0.4, 0.5) is 0 Å². The third-order valence-electron chi connectivity index (χ3n) is 5.31. The van der Waals surface area contributed by atoms with Gasteiger partial charge in [-0.1, -0.05) is 66.7 Å². The van der Waals surface area contributed by atoms with Crippen LogP contribution < -0.4 is 4.57 Å². The Labute approximate surface area is 197 Å². The van der Waals surface area contributed by atoms with Crippen molar-refractivity contribution in [1.82, 2.24) is 0 Å². The molecule has 141 valence electrons. The fourth-order valence-corrected chi connectivity index (χ4v) is 3.83. The molecule has 0 bridgehead atoms. The maximum Gasteiger partial charge on any atom is 0.206 e. The number of hydrogen-bond acceptors (Lipinski definition) is 1. The molecule has 0 aliphatic carbocycles. The van der Waals surface area contributed by atoms with Crippen LogP contribution in [0, 0.1) is 13.8 Å². The van der Waals surface area contributed by atoms with Crippen molar-refractivity contribution >= 4 is 16.6 Å². The van der Waals surface area contributed by atoms with Crippen LogP contribution in [0.15, 0.2) is 85.2 Å². The van der Waals surface area contributed by atoms with E-state index >= 15 is 0 Å². The maximum atomic E-state index is 12.8. The molecule has 0 unspecified atom stereocenters. The summed E-state index contributed by atoms with van der Waals surface area (Å²) in [4.78, 5) is 12.8. The number of benzene rings is 3. The molecule has 0 aliphatic heterocycles. The van der Waals surface area contributed by atoms with E-state index in [1.807, 2.05) is 34.9 Å². The van der Waals surface area contributed by atoms with Crippen molar-refractivity contribution in [2.75, 3.05) is 0 Å². The minimum absolute atomic E-state index is 0. The van der Waals surface area contributed by atoms with Crippen LogP contribution in [-0.2, 0) is 50.5 Å². The van der Waals surface area contributed by atoms with E-state index in [0.717, 1.165) is 22.1 Å². The summed E-state index contributed by atoms with van der Waals surface area (Å²) in [7, 11) is 0. The Morgan fingerprint density at radius 2 is 1.45 bits per heavy atom. The summed E-state index contributed by atoms with van der Waals surface area (Å²) >= 11 is 0. The van der Waals surface area contributed by atoms with Gasteiger partial charge in [0.25, 0.3) is 0 Å². The zero-order valence-corrected chi connectivity index (χ0v) is 19.8. The predicted octanol–water partition coefficient (Wildman–Crippen LogP) is 5.22. The van der Waals surface area contributed by atoms with E-state index in [1.54, 1.807) is 0 Å². The van der Waals surface area contributed by atoms with Crippen LogP contribution in [0.3, 0.4) is 0 Å². The molecule has 0 aliphatic rings. The molecule has 0 spiro atoms. The summed E-state index contributed by atoms with van der Waals surface area (Å²) in [6.07, 6.45) is 4.64. The van der Waals surface area contributed by atoms with Gasteiger partial charge in [-0.05, 0) is 42.2 Å². The monoisotopic (exact) mass is 455 g/mol. The smallest absolute Gasteiger partial charge is 0.206 e. The average molecular weight is 455 g/mol. The number of pyridine rings is 1. The quantitative estimate of drug-likeness (QED) is 0.378. The molecule has 3 heteroatoms. The van der Waals surface area contributed by atoms with Crippen molar-refractivity contribution in [2.24, 2.45) is 0 Å². The number of ketones is 1. The van der Waals surface area contributed by atoms with Crippen molar-refractivity contribution in [3.05, 3.63) is 102 Å². The van der Waals surface area contributed by atoms with Gasteiger partial charge in [-0.15, -0.1) is 0 Å². The molecule has 0 fully saturated rings. The van der Waals surface area contributed by atoms with Gasteiger partial charge < -0.3 is 0 Å². The van der Waals surface area contributed by atoms with Crippen LogP contribution in [0.1, 0.15) is 16.7 Å². The third-order valence-corrected chi connectivity index (χ3v) is 5.31. The zero-order chi connectivity index (χ0) is 19.5. The third kappa shape index (κ3) is 4.88. The largest absolute Gasteiger partial charge is 0.292 e. The predicted molar refractivity (Wildman–Crippen MR) is 114 cm³/mol. The number of aryl methyl sites for hydroxylation is 2. The first-order valence-electron chi connectivity index (χ1n) is 9.66. The van der Waals surface area contributed by atoms with E-state index in [-0.39, 0.29) is 38.5 Å². The minimum Gasteiger partial charge on any atom is -0.292 e. The van der Waals surface area contributed by atoms with E-state index in [9.17, 15) is 4.79 Å². The normalized spacial score (nSPS) is 10.6. The number of Topliss-reactive ketones (excluding diaryl/α,β-unsaturated/α-hetero) is 1. The molecule has 0 amide bonds. The second-order valence-electron chi connectivity index (χ2n) is 7.38. The minimum atomic E-state index is 0. The van der Waals surface area contributed by atoms with Crippen molar-refractivity contribution in [3.63, 3.8) is 0 Å². The first-order chi connectivity index (χ1) is 13.6. The molecule has 2 nitrogen and oxygen atoms in total. The number of carbonyl (C=O) groups excluding carboxylic acids is 1. The molecule has 0 saturated heterocycles. The Bertz CT molecular complexity index is 1130. The molecule has 0 N–H and O–H groups in total. The van der Waals surface area contributed by atoms with Crippen molar-refractivity contribution in [3.8, 4) is 11.1 Å².